The summed E-state index contributed by atoms with van der Waals surface area (Å²) in [5.41, 5.74) is 3.17. The van der Waals surface area contributed by atoms with E-state index in [2.05, 4.69) is 17.6 Å². The minimum Gasteiger partial charge on any atom is -0.365 e. The predicted octanol–water partition coefficient (Wildman–Crippen LogP) is 5.81. The number of rotatable bonds is 7. The molecule has 2 aromatic rings. The minimum atomic E-state index is -0.356. The van der Waals surface area contributed by atoms with Gasteiger partial charge in [0.2, 0.25) is 0 Å². The molecule has 0 radical (unpaired) electrons. The summed E-state index contributed by atoms with van der Waals surface area (Å²) in [7, 11) is 0. The molecule has 2 aliphatic heterocycles. The van der Waals surface area contributed by atoms with Gasteiger partial charge < -0.3 is 4.74 Å². The molecule has 2 nitrogen and oxygen atoms in total. The molecule has 2 bridgehead atoms. The highest BCUT2D eigenvalue weighted by Gasteiger charge is 2.37. The van der Waals surface area contributed by atoms with E-state index >= 15 is 0 Å². The van der Waals surface area contributed by atoms with Crippen molar-refractivity contribution in [2.45, 2.75) is 43.9 Å². The fourth-order valence-electron chi connectivity index (χ4n) is 4.68. The van der Waals surface area contributed by atoms with Crippen molar-refractivity contribution < 1.29 is 13.5 Å². The zero-order valence-electron chi connectivity index (χ0n) is 16.6. The Bertz CT molecular complexity index is 798. The number of ether oxygens (including phenoxy) is 1. The predicted molar refractivity (Wildman–Crippen MR) is 112 cm³/mol. The fraction of sp³-hybridized carbons (Fsp3) is 0.360. The van der Waals surface area contributed by atoms with Crippen LogP contribution in [0.15, 0.2) is 72.8 Å². The smallest absolute Gasteiger partial charge is 0.123 e. The zero-order chi connectivity index (χ0) is 20.2. The van der Waals surface area contributed by atoms with Crippen LogP contribution in [0.4, 0.5) is 8.78 Å². The number of halogens is 2. The Kier molecular flexibility index (Phi) is 6.22. The van der Waals surface area contributed by atoms with Crippen LogP contribution in [-0.2, 0) is 4.74 Å². The van der Waals surface area contributed by atoms with Crippen LogP contribution in [0.1, 0.15) is 42.9 Å². The Labute approximate surface area is 171 Å². The second-order valence-corrected chi connectivity index (χ2v) is 7.96. The maximum absolute atomic E-state index is 13.4. The largest absolute Gasteiger partial charge is 0.365 e. The molecule has 2 fully saturated rings. The Morgan fingerprint density at radius 1 is 0.931 bits per heavy atom. The summed E-state index contributed by atoms with van der Waals surface area (Å²) in [4.78, 5) is 2.57. The summed E-state index contributed by atoms with van der Waals surface area (Å²) in [5.74, 6) is -0.564. The van der Waals surface area contributed by atoms with E-state index in [-0.39, 0.29) is 17.7 Å². The van der Waals surface area contributed by atoms with Gasteiger partial charge >= 0.3 is 0 Å². The first-order valence-corrected chi connectivity index (χ1v) is 10.3. The van der Waals surface area contributed by atoms with Gasteiger partial charge in [0, 0.05) is 18.6 Å². The normalized spacial score (nSPS) is 23.1. The fourth-order valence-corrected chi connectivity index (χ4v) is 4.68. The Balaban J connectivity index is 1.46. The lowest BCUT2D eigenvalue weighted by Crippen LogP contribution is -2.40. The molecule has 2 aliphatic rings. The molecule has 4 rings (SSSR count). The zero-order valence-corrected chi connectivity index (χ0v) is 16.6. The number of piperidine rings is 1. The molecule has 2 aromatic carbocycles. The first-order chi connectivity index (χ1) is 14.1. The minimum absolute atomic E-state index is 0.282. The van der Waals surface area contributed by atoms with Crippen LogP contribution in [0.25, 0.3) is 0 Å². The number of benzene rings is 2. The quantitative estimate of drug-likeness (QED) is 0.549. The second-order valence-electron chi connectivity index (χ2n) is 7.96. The molecule has 0 N–H and O–H groups in total. The van der Waals surface area contributed by atoms with Gasteiger partial charge in [0.05, 0.1) is 6.61 Å². The van der Waals surface area contributed by atoms with E-state index in [1.165, 1.54) is 42.7 Å². The van der Waals surface area contributed by atoms with Gasteiger partial charge in [0.15, 0.2) is 0 Å². The summed E-state index contributed by atoms with van der Waals surface area (Å²) in [6.07, 6.45) is 8.53. The third-order valence-corrected chi connectivity index (χ3v) is 6.09. The van der Waals surface area contributed by atoms with E-state index in [1.54, 1.807) is 24.3 Å². The SMILES string of the molecule is C=CCN1[C@@H]2CC[C@H]1CC(=CCOC(c1ccc(F)cc1)c1ccc(F)cc1)C2. The van der Waals surface area contributed by atoms with Gasteiger partial charge in [0.25, 0.3) is 0 Å². The van der Waals surface area contributed by atoms with Crippen molar-refractivity contribution in [2.75, 3.05) is 13.2 Å². The first kappa shape index (κ1) is 20.0. The van der Waals surface area contributed by atoms with E-state index in [1.807, 2.05) is 6.08 Å². The number of nitrogens with zero attached hydrogens (tertiary/aromatic N) is 1. The van der Waals surface area contributed by atoms with Crippen LogP contribution in [0.2, 0.25) is 0 Å². The van der Waals surface area contributed by atoms with Gasteiger partial charge in [-0.3, -0.25) is 4.90 Å². The summed E-state index contributed by atoms with van der Waals surface area (Å²) in [6.45, 7) is 5.34. The van der Waals surface area contributed by atoms with Gasteiger partial charge in [-0.2, -0.15) is 0 Å². The highest BCUT2D eigenvalue weighted by atomic mass is 19.1. The van der Waals surface area contributed by atoms with Crippen molar-refractivity contribution in [3.8, 4) is 0 Å². The molecule has 2 heterocycles. The lowest BCUT2D eigenvalue weighted by Gasteiger charge is -2.35. The lowest BCUT2D eigenvalue weighted by atomic mass is 9.96. The van der Waals surface area contributed by atoms with Gasteiger partial charge in [-0.1, -0.05) is 42.0 Å². The summed E-state index contributed by atoms with van der Waals surface area (Å²) in [5, 5.41) is 0. The Morgan fingerprint density at radius 2 is 1.45 bits per heavy atom. The number of fused-ring (bicyclic) bond motifs is 2. The van der Waals surface area contributed by atoms with E-state index in [4.69, 9.17) is 4.74 Å². The summed E-state index contributed by atoms with van der Waals surface area (Å²) >= 11 is 0. The van der Waals surface area contributed by atoms with Crippen LogP contribution in [0, 0.1) is 11.6 Å². The van der Waals surface area contributed by atoms with Gasteiger partial charge in [0.1, 0.15) is 17.7 Å². The number of hydrogen-bond donors (Lipinski definition) is 0. The van der Waals surface area contributed by atoms with Crippen molar-refractivity contribution in [1.29, 1.82) is 0 Å². The van der Waals surface area contributed by atoms with Crippen molar-refractivity contribution >= 4 is 0 Å². The van der Waals surface area contributed by atoms with Gasteiger partial charge in [-0.15, -0.1) is 6.58 Å². The summed E-state index contributed by atoms with van der Waals surface area (Å²) < 4.78 is 32.9. The molecule has 2 atom stereocenters. The maximum atomic E-state index is 13.4. The average molecular weight is 395 g/mol. The number of hydrogen-bond acceptors (Lipinski definition) is 2. The molecule has 0 aliphatic carbocycles. The molecule has 0 amide bonds. The lowest BCUT2D eigenvalue weighted by molar-refractivity contribution is 0.103. The molecule has 152 valence electrons. The molecule has 0 unspecified atom stereocenters. The Hall–Kier alpha value is -2.30. The van der Waals surface area contributed by atoms with Crippen LogP contribution in [-0.4, -0.2) is 30.1 Å². The summed E-state index contributed by atoms with van der Waals surface area (Å²) in [6, 6.07) is 13.9. The van der Waals surface area contributed by atoms with Crippen molar-refractivity contribution in [3.05, 3.63) is 95.6 Å². The van der Waals surface area contributed by atoms with Crippen molar-refractivity contribution in [3.63, 3.8) is 0 Å². The Morgan fingerprint density at radius 3 is 1.93 bits per heavy atom. The third kappa shape index (κ3) is 4.65. The highest BCUT2D eigenvalue weighted by Crippen LogP contribution is 2.38. The molecule has 0 spiro atoms. The van der Waals surface area contributed by atoms with E-state index < -0.39 is 0 Å². The second kappa shape index (κ2) is 9.02. The highest BCUT2D eigenvalue weighted by molar-refractivity contribution is 5.30. The van der Waals surface area contributed by atoms with Crippen LogP contribution in [0.5, 0.6) is 0 Å². The van der Waals surface area contributed by atoms with E-state index in [9.17, 15) is 8.78 Å². The molecule has 0 saturated carbocycles. The van der Waals surface area contributed by atoms with Crippen molar-refractivity contribution in [2.24, 2.45) is 0 Å². The van der Waals surface area contributed by atoms with E-state index in [0.29, 0.717) is 18.7 Å². The third-order valence-electron chi connectivity index (χ3n) is 6.09. The first-order valence-electron chi connectivity index (χ1n) is 10.3. The van der Waals surface area contributed by atoms with Crippen LogP contribution < -0.4 is 0 Å². The standard InChI is InChI=1S/C25H27F2NO/c1-2-14-28-23-11-12-24(28)17-18(16-23)13-15-29-25(19-3-7-21(26)8-4-19)20-5-9-22(27)10-6-20/h2-10,13,23-25H,1,11-12,14-17H2/t23-,24+. The van der Waals surface area contributed by atoms with E-state index in [0.717, 1.165) is 30.5 Å². The topological polar surface area (TPSA) is 12.5 Å². The van der Waals surface area contributed by atoms with Crippen LogP contribution >= 0.6 is 0 Å². The average Bonchev–Trinajstić information content (AvgIpc) is 2.96. The monoisotopic (exact) mass is 395 g/mol. The molecular formula is C25H27F2NO. The molecule has 2 saturated heterocycles. The van der Waals surface area contributed by atoms with Gasteiger partial charge in [-0.05, 0) is 61.1 Å². The molecular weight excluding hydrogens is 368 g/mol. The molecule has 29 heavy (non-hydrogen) atoms. The van der Waals surface area contributed by atoms with Crippen molar-refractivity contribution in [1.82, 2.24) is 4.90 Å². The van der Waals surface area contributed by atoms with Crippen LogP contribution in [0.3, 0.4) is 0 Å². The molecule has 4 heteroatoms. The van der Waals surface area contributed by atoms with Gasteiger partial charge in [-0.25, -0.2) is 8.78 Å². The maximum Gasteiger partial charge on any atom is 0.123 e. The molecule has 0 aromatic heterocycles.